The molecule has 0 bridgehead atoms. The molecule has 1 saturated carbocycles. The number of thioether (sulfide) groups is 1. The Hall–Kier alpha value is -3.78. The predicted molar refractivity (Wildman–Crippen MR) is 184 cm³/mol. The number of H-pyrrole nitrogens is 1. The Morgan fingerprint density at radius 1 is 1.09 bits per heavy atom. The third kappa shape index (κ3) is 8.98. The van der Waals surface area contributed by atoms with Crippen LogP contribution in [0.15, 0.2) is 81.9 Å². The summed E-state index contributed by atoms with van der Waals surface area (Å²) in [6, 6.07) is 19.1. The van der Waals surface area contributed by atoms with Crippen LogP contribution >= 0.6 is 34.7 Å². The van der Waals surface area contributed by atoms with Gasteiger partial charge in [0.2, 0.25) is 0 Å². The van der Waals surface area contributed by atoms with E-state index in [0.29, 0.717) is 46.6 Å². The number of hydrogen-bond donors (Lipinski definition) is 2. The van der Waals surface area contributed by atoms with Crippen molar-refractivity contribution in [2.24, 2.45) is 0 Å². The number of ether oxygens (including phenoxy) is 1. The zero-order chi connectivity index (χ0) is 32.6. The molecule has 5 aromatic rings. The molecule has 244 valence electrons. The van der Waals surface area contributed by atoms with Gasteiger partial charge >= 0.3 is 0 Å². The van der Waals surface area contributed by atoms with Crippen molar-refractivity contribution in [3.05, 3.63) is 105 Å². The molecule has 10 nitrogen and oxygen atoms in total. The number of rotatable bonds is 14. The lowest BCUT2D eigenvalue weighted by Crippen LogP contribution is -2.13. The Bertz CT molecular complexity index is 1910. The number of hydrogen-bond acceptors (Lipinski definition) is 10. The fraction of sp³-hybridized carbons (Fsp3) is 0.303. The highest BCUT2D eigenvalue weighted by molar-refractivity contribution is 7.98. The third-order valence-corrected chi connectivity index (χ3v) is 12.0. The summed E-state index contributed by atoms with van der Waals surface area (Å²) < 4.78 is 31.6. The molecule has 14 heteroatoms. The van der Waals surface area contributed by atoms with Crippen LogP contribution in [0.5, 0.6) is 5.75 Å². The van der Waals surface area contributed by atoms with E-state index in [9.17, 15) is 13.2 Å². The Labute approximate surface area is 286 Å². The maximum atomic E-state index is 13.5. The van der Waals surface area contributed by atoms with E-state index in [4.69, 9.17) is 21.3 Å². The minimum Gasteiger partial charge on any atom is -0.483 e. The quantitative estimate of drug-likeness (QED) is 0.112. The maximum Gasteiger partial charge on any atom is 0.255 e. The predicted octanol–water partition coefficient (Wildman–Crippen LogP) is 7.50. The van der Waals surface area contributed by atoms with E-state index in [-0.39, 0.29) is 23.2 Å². The molecule has 0 saturated heterocycles. The second-order valence-corrected chi connectivity index (χ2v) is 15.8. The van der Waals surface area contributed by atoms with Crippen molar-refractivity contribution in [2.45, 2.75) is 66.6 Å². The van der Waals surface area contributed by atoms with Crippen molar-refractivity contribution in [1.29, 1.82) is 0 Å². The number of amides is 1. The van der Waals surface area contributed by atoms with Gasteiger partial charge in [-0.15, -0.1) is 28.2 Å². The van der Waals surface area contributed by atoms with Crippen molar-refractivity contribution in [1.82, 2.24) is 25.6 Å². The normalized spacial score (nSPS) is 13.6. The highest BCUT2D eigenvalue weighted by atomic mass is 35.5. The Morgan fingerprint density at radius 3 is 2.70 bits per heavy atom. The lowest BCUT2D eigenvalue weighted by Gasteiger charge is -2.14. The second kappa shape index (κ2) is 15.4. The zero-order valence-electron chi connectivity index (χ0n) is 25.4. The standard InChI is InChI=1S/C33H33ClN6O4S3/c34-25-11-13-27(14-12-25)47(42,43)16-4-5-22-10-15-30(44-19-31-37-39-40-38-31)28(17-22)36-33(41)24-8-3-9-26(18-24)45-21-32-35-29(20-46-32)23-6-1-2-7-23/h3,8-15,17-18,20,23H,1-2,4-7,16,19,21H2,(H,36,41)(H,37,38,39,40). The minimum atomic E-state index is -3.46. The molecular weight excluding hydrogens is 676 g/mol. The molecule has 1 aliphatic carbocycles. The third-order valence-electron chi connectivity index (χ3n) is 7.90. The topological polar surface area (TPSA) is 140 Å². The number of thiazole rings is 1. The summed E-state index contributed by atoms with van der Waals surface area (Å²) >= 11 is 9.27. The molecule has 2 heterocycles. The SMILES string of the molecule is O=C(Nc1cc(CCCS(=O)(=O)c2ccc(Cl)cc2)ccc1OCc1nnn[nH]1)c1cccc(SCc2nc(C3CCCC3)cs2)c1. The van der Waals surface area contributed by atoms with Crippen LogP contribution < -0.4 is 10.1 Å². The van der Waals surface area contributed by atoms with Crippen LogP contribution in [0.1, 0.15) is 70.5 Å². The van der Waals surface area contributed by atoms with Crippen molar-refractivity contribution in [2.75, 3.05) is 11.1 Å². The monoisotopic (exact) mass is 708 g/mol. The number of tetrazole rings is 1. The van der Waals surface area contributed by atoms with E-state index in [1.165, 1.54) is 43.5 Å². The van der Waals surface area contributed by atoms with Gasteiger partial charge in [-0.1, -0.05) is 36.6 Å². The number of carbonyl (C=O) groups excluding carboxylic acids is 1. The fourth-order valence-electron chi connectivity index (χ4n) is 5.44. The van der Waals surface area contributed by atoms with E-state index < -0.39 is 9.84 Å². The van der Waals surface area contributed by atoms with Gasteiger partial charge in [0.25, 0.3) is 5.91 Å². The number of nitrogens with zero attached hydrogens (tertiary/aromatic N) is 4. The summed E-state index contributed by atoms with van der Waals surface area (Å²) in [4.78, 5) is 19.6. The molecule has 2 N–H and O–H groups in total. The molecule has 2 aromatic heterocycles. The maximum absolute atomic E-state index is 13.5. The smallest absolute Gasteiger partial charge is 0.255 e. The van der Waals surface area contributed by atoms with E-state index in [0.717, 1.165) is 21.2 Å². The second-order valence-electron chi connectivity index (χ2n) is 11.3. The summed E-state index contributed by atoms with van der Waals surface area (Å²) in [6.45, 7) is 0.0693. The number of sulfone groups is 1. The van der Waals surface area contributed by atoms with Crippen molar-refractivity contribution >= 4 is 56.1 Å². The van der Waals surface area contributed by atoms with Gasteiger partial charge in [-0.25, -0.2) is 18.5 Å². The molecule has 3 aromatic carbocycles. The Kier molecular flexibility index (Phi) is 10.9. The summed E-state index contributed by atoms with van der Waals surface area (Å²) in [5, 5.41) is 20.4. The molecule has 0 radical (unpaired) electrons. The molecule has 1 aliphatic rings. The lowest BCUT2D eigenvalue weighted by atomic mass is 10.1. The first-order valence-corrected chi connectivity index (χ1v) is 19.2. The highest BCUT2D eigenvalue weighted by Crippen LogP contribution is 2.36. The molecule has 47 heavy (non-hydrogen) atoms. The number of carbonyl (C=O) groups is 1. The summed E-state index contributed by atoms with van der Waals surface area (Å²) in [7, 11) is -3.46. The fourth-order valence-corrected chi connectivity index (χ4v) is 8.72. The molecule has 1 amide bonds. The van der Waals surface area contributed by atoms with Gasteiger partial charge in [0.1, 0.15) is 17.4 Å². The van der Waals surface area contributed by atoms with Crippen LogP contribution in [0.2, 0.25) is 5.02 Å². The number of aromatic nitrogens is 5. The van der Waals surface area contributed by atoms with Crippen LogP contribution in [0.4, 0.5) is 5.69 Å². The average molecular weight is 709 g/mol. The largest absolute Gasteiger partial charge is 0.483 e. The van der Waals surface area contributed by atoms with Gasteiger partial charge < -0.3 is 10.1 Å². The van der Waals surface area contributed by atoms with Crippen molar-refractivity contribution in [3.63, 3.8) is 0 Å². The van der Waals surface area contributed by atoms with Crippen LogP contribution in [0, 0.1) is 0 Å². The zero-order valence-corrected chi connectivity index (χ0v) is 28.6. The molecular formula is C33H33ClN6O4S3. The summed E-state index contributed by atoms with van der Waals surface area (Å²) in [5.74, 6) is 1.88. The van der Waals surface area contributed by atoms with E-state index in [2.05, 4.69) is 31.3 Å². The minimum absolute atomic E-state index is 0.0274. The summed E-state index contributed by atoms with van der Waals surface area (Å²) in [5.41, 5.74) is 3.04. The van der Waals surface area contributed by atoms with Crippen LogP contribution in [-0.4, -0.2) is 45.7 Å². The van der Waals surface area contributed by atoms with Gasteiger partial charge in [-0.2, -0.15) is 0 Å². The van der Waals surface area contributed by atoms with Crippen LogP contribution in [-0.2, 0) is 28.6 Å². The first-order chi connectivity index (χ1) is 22.8. The molecule has 6 rings (SSSR count). The molecule has 1 fully saturated rings. The highest BCUT2D eigenvalue weighted by Gasteiger charge is 2.20. The van der Waals surface area contributed by atoms with E-state index in [1.54, 1.807) is 47.4 Å². The first-order valence-electron chi connectivity index (χ1n) is 15.3. The van der Waals surface area contributed by atoms with Crippen LogP contribution in [0.3, 0.4) is 0 Å². The van der Waals surface area contributed by atoms with Gasteiger partial charge in [-0.3, -0.25) is 4.79 Å². The Morgan fingerprint density at radius 2 is 1.91 bits per heavy atom. The lowest BCUT2D eigenvalue weighted by molar-refractivity contribution is 0.102. The van der Waals surface area contributed by atoms with Crippen LogP contribution in [0.25, 0.3) is 0 Å². The van der Waals surface area contributed by atoms with E-state index in [1.807, 2.05) is 30.3 Å². The Balaban J connectivity index is 1.12. The molecule has 0 unspecified atom stereocenters. The van der Waals surface area contributed by atoms with Gasteiger partial charge in [-0.05, 0) is 96.3 Å². The molecule has 0 spiro atoms. The van der Waals surface area contributed by atoms with Crippen molar-refractivity contribution < 1.29 is 17.9 Å². The number of halogens is 1. The van der Waals surface area contributed by atoms with Gasteiger partial charge in [0.05, 0.1) is 27.8 Å². The van der Waals surface area contributed by atoms with Crippen molar-refractivity contribution in [3.8, 4) is 5.75 Å². The van der Waals surface area contributed by atoms with Gasteiger partial charge in [0.15, 0.2) is 15.7 Å². The number of aromatic amines is 1. The number of anilines is 1. The van der Waals surface area contributed by atoms with Gasteiger partial charge in [0, 0.05) is 26.8 Å². The number of nitrogens with one attached hydrogen (secondary N) is 2. The number of benzene rings is 3. The summed E-state index contributed by atoms with van der Waals surface area (Å²) in [6.07, 6.45) is 5.90. The molecule has 0 atom stereocenters. The first kappa shape index (κ1) is 33.1. The average Bonchev–Trinajstić information content (AvgIpc) is 3.87. The van der Waals surface area contributed by atoms with E-state index >= 15 is 0 Å². The molecule has 0 aliphatic heterocycles. The number of aryl methyl sites for hydroxylation is 1.